The summed E-state index contributed by atoms with van der Waals surface area (Å²) in [5, 5.41) is 5.80. The molecule has 3 rings (SSSR count). The lowest BCUT2D eigenvalue weighted by Crippen LogP contribution is -2.30. The maximum Gasteiger partial charge on any atom is 0.339 e. The summed E-state index contributed by atoms with van der Waals surface area (Å²) >= 11 is 0. The van der Waals surface area contributed by atoms with E-state index in [1.54, 1.807) is 6.92 Å². The van der Waals surface area contributed by atoms with Crippen molar-refractivity contribution < 1.29 is 23.9 Å². The summed E-state index contributed by atoms with van der Waals surface area (Å²) in [6, 6.07) is 7.78. The topological polar surface area (TPSA) is 110 Å². The lowest BCUT2D eigenvalue weighted by Gasteiger charge is -2.09. The Hall–Kier alpha value is -3.29. The van der Waals surface area contributed by atoms with Crippen molar-refractivity contribution in [3.63, 3.8) is 0 Å². The molecule has 1 fully saturated rings. The predicted molar refractivity (Wildman–Crippen MR) is 120 cm³/mol. The van der Waals surface area contributed by atoms with Gasteiger partial charge in [0.25, 0.3) is 11.8 Å². The fourth-order valence-corrected chi connectivity index (χ4v) is 3.56. The van der Waals surface area contributed by atoms with Crippen molar-refractivity contribution in [2.45, 2.75) is 52.0 Å². The smallest absolute Gasteiger partial charge is 0.339 e. The quantitative estimate of drug-likeness (QED) is 0.465. The van der Waals surface area contributed by atoms with Gasteiger partial charge in [-0.05, 0) is 55.9 Å². The molecular formula is C24H31N3O5. The zero-order chi connectivity index (χ0) is 23.1. The number of aromatic nitrogens is 1. The Labute approximate surface area is 188 Å². The number of benzene rings is 1. The summed E-state index contributed by atoms with van der Waals surface area (Å²) < 4.78 is 10.4. The number of amides is 2. The van der Waals surface area contributed by atoms with Crippen LogP contribution in [0.25, 0.3) is 0 Å². The Kier molecular flexibility index (Phi) is 7.92. The fourth-order valence-electron chi connectivity index (χ4n) is 3.56. The molecule has 1 aliphatic rings. The van der Waals surface area contributed by atoms with Gasteiger partial charge in [0.2, 0.25) is 0 Å². The monoisotopic (exact) mass is 441 g/mol. The molecule has 8 heteroatoms. The Morgan fingerprint density at radius 1 is 1.12 bits per heavy atom. The molecule has 1 aromatic heterocycles. The summed E-state index contributed by atoms with van der Waals surface area (Å²) in [6.45, 7) is 4.22. The number of ether oxygens (including phenoxy) is 2. The maximum atomic E-state index is 12.7. The van der Waals surface area contributed by atoms with E-state index in [0.29, 0.717) is 53.7 Å². The molecule has 8 nitrogen and oxygen atoms in total. The minimum atomic E-state index is -0.437. The zero-order valence-electron chi connectivity index (χ0n) is 18.9. The normalized spacial score (nSPS) is 12.8. The van der Waals surface area contributed by atoms with Crippen LogP contribution in [0.3, 0.4) is 0 Å². The molecule has 2 amide bonds. The van der Waals surface area contributed by atoms with Crippen molar-refractivity contribution in [2.75, 3.05) is 20.3 Å². The van der Waals surface area contributed by atoms with Gasteiger partial charge in [-0.2, -0.15) is 0 Å². The molecule has 0 atom stereocenters. The summed E-state index contributed by atoms with van der Waals surface area (Å²) in [4.78, 5) is 39.6. The molecule has 0 saturated heterocycles. The third-order valence-electron chi connectivity index (χ3n) is 5.34. The highest BCUT2D eigenvalue weighted by molar-refractivity contribution is 6.00. The Morgan fingerprint density at radius 3 is 2.47 bits per heavy atom. The van der Waals surface area contributed by atoms with Crippen molar-refractivity contribution >= 4 is 17.8 Å². The second-order valence-electron chi connectivity index (χ2n) is 8.00. The number of hydrogen-bond acceptors (Lipinski definition) is 5. The van der Waals surface area contributed by atoms with Gasteiger partial charge in [0.05, 0.1) is 12.7 Å². The first-order chi connectivity index (χ1) is 15.4. The average molecular weight is 442 g/mol. The number of hydrogen-bond donors (Lipinski definition) is 3. The van der Waals surface area contributed by atoms with Crippen molar-refractivity contribution in [2.24, 2.45) is 0 Å². The van der Waals surface area contributed by atoms with E-state index >= 15 is 0 Å². The molecule has 1 heterocycles. The molecule has 2 aromatic rings. The van der Waals surface area contributed by atoms with Crippen LogP contribution in [0.2, 0.25) is 0 Å². The van der Waals surface area contributed by atoms with Crippen LogP contribution in [-0.2, 0) is 22.4 Å². The third kappa shape index (κ3) is 6.12. The van der Waals surface area contributed by atoms with Crippen molar-refractivity contribution in [1.29, 1.82) is 0 Å². The SMILES string of the molecule is CCCc1c(C(=O)NCCc2ccc(OCC(=O)NC3CC3)cc2)[nH]c(C)c1C(=O)OC. The number of rotatable bonds is 11. The van der Waals surface area contributed by atoms with Crippen molar-refractivity contribution in [1.82, 2.24) is 15.6 Å². The molecule has 172 valence electrons. The highest BCUT2D eigenvalue weighted by Gasteiger charge is 2.25. The Morgan fingerprint density at radius 2 is 1.84 bits per heavy atom. The molecule has 1 aromatic carbocycles. The predicted octanol–water partition coefficient (Wildman–Crippen LogP) is 2.69. The number of H-pyrrole nitrogens is 1. The van der Waals surface area contributed by atoms with Gasteiger partial charge in [0.1, 0.15) is 11.4 Å². The lowest BCUT2D eigenvalue weighted by molar-refractivity contribution is -0.123. The molecule has 0 spiro atoms. The molecule has 3 N–H and O–H groups in total. The average Bonchev–Trinajstić information content (AvgIpc) is 3.54. The Bertz CT molecular complexity index is 961. The van der Waals surface area contributed by atoms with E-state index in [-0.39, 0.29) is 18.4 Å². The van der Waals surface area contributed by atoms with Crippen LogP contribution in [0.1, 0.15) is 63.9 Å². The second-order valence-corrected chi connectivity index (χ2v) is 8.00. The number of methoxy groups -OCH3 is 1. The van der Waals surface area contributed by atoms with Gasteiger partial charge >= 0.3 is 5.97 Å². The van der Waals surface area contributed by atoms with E-state index < -0.39 is 5.97 Å². The lowest BCUT2D eigenvalue weighted by atomic mass is 10.0. The zero-order valence-corrected chi connectivity index (χ0v) is 18.9. The Balaban J connectivity index is 1.51. The highest BCUT2D eigenvalue weighted by atomic mass is 16.5. The van der Waals surface area contributed by atoms with Crippen molar-refractivity contribution in [3.8, 4) is 5.75 Å². The summed E-state index contributed by atoms with van der Waals surface area (Å²) in [7, 11) is 1.34. The van der Waals surface area contributed by atoms with Crippen LogP contribution in [0.5, 0.6) is 5.75 Å². The second kappa shape index (κ2) is 10.8. The summed E-state index contributed by atoms with van der Waals surface area (Å²) in [6.07, 6.45) is 4.15. The van der Waals surface area contributed by atoms with Gasteiger partial charge in [-0.15, -0.1) is 0 Å². The number of nitrogens with one attached hydrogen (secondary N) is 3. The van der Waals surface area contributed by atoms with Gasteiger partial charge in [0.15, 0.2) is 6.61 Å². The molecule has 1 aliphatic carbocycles. The number of aromatic amines is 1. The van der Waals surface area contributed by atoms with Gasteiger partial charge < -0.3 is 25.1 Å². The van der Waals surface area contributed by atoms with Crippen LogP contribution in [0.15, 0.2) is 24.3 Å². The number of esters is 1. The van der Waals surface area contributed by atoms with Gasteiger partial charge in [-0.25, -0.2) is 4.79 Å². The first-order valence-electron chi connectivity index (χ1n) is 11.0. The minimum Gasteiger partial charge on any atom is -0.484 e. The standard InChI is InChI=1S/C24H31N3O5/c1-4-5-19-21(24(30)31-3)15(2)26-22(19)23(29)25-13-12-16-6-10-18(11-7-16)32-14-20(28)27-17-8-9-17/h6-7,10-11,17,26H,4-5,8-9,12-14H2,1-3H3,(H,25,29)(H,27,28). The maximum absolute atomic E-state index is 12.7. The molecule has 1 saturated carbocycles. The van der Waals surface area contributed by atoms with Crippen LogP contribution >= 0.6 is 0 Å². The molecule has 32 heavy (non-hydrogen) atoms. The summed E-state index contributed by atoms with van der Waals surface area (Å²) in [5.41, 5.74) is 3.22. The molecule has 0 radical (unpaired) electrons. The number of carbonyl (C=O) groups excluding carboxylic acids is 3. The molecule has 0 unspecified atom stereocenters. The molecule has 0 aliphatic heterocycles. The largest absolute Gasteiger partial charge is 0.484 e. The van der Waals surface area contributed by atoms with Gasteiger partial charge in [-0.1, -0.05) is 25.5 Å². The highest BCUT2D eigenvalue weighted by Crippen LogP contribution is 2.22. The third-order valence-corrected chi connectivity index (χ3v) is 5.34. The summed E-state index contributed by atoms with van der Waals surface area (Å²) in [5.74, 6) is -0.149. The molecular weight excluding hydrogens is 410 g/mol. The van der Waals surface area contributed by atoms with E-state index in [4.69, 9.17) is 9.47 Å². The van der Waals surface area contributed by atoms with E-state index in [9.17, 15) is 14.4 Å². The van der Waals surface area contributed by atoms with Crippen molar-refractivity contribution in [3.05, 3.63) is 52.3 Å². The van der Waals surface area contributed by atoms with Crippen LogP contribution in [0, 0.1) is 6.92 Å². The van der Waals surface area contributed by atoms with Gasteiger partial charge in [-0.3, -0.25) is 9.59 Å². The van der Waals surface area contributed by atoms with Gasteiger partial charge in [0, 0.05) is 18.3 Å². The molecule has 0 bridgehead atoms. The number of carbonyl (C=O) groups is 3. The number of aryl methyl sites for hydroxylation is 1. The first-order valence-corrected chi connectivity index (χ1v) is 11.0. The van der Waals surface area contributed by atoms with E-state index in [0.717, 1.165) is 24.8 Å². The van der Waals surface area contributed by atoms with E-state index in [2.05, 4.69) is 15.6 Å². The minimum absolute atomic E-state index is 0.00905. The van der Waals surface area contributed by atoms with Crippen LogP contribution in [0.4, 0.5) is 0 Å². The fraction of sp³-hybridized carbons (Fsp3) is 0.458. The van der Waals surface area contributed by atoms with E-state index in [1.807, 2.05) is 31.2 Å². The van der Waals surface area contributed by atoms with Crippen LogP contribution in [-0.4, -0.2) is 49.1 Å². The van der Waals surface area contributed by atoms with Crippen LogP contribution < -0.4 is 15.4 Å². The van der Waals surface area contributed by atoms with E-state index in [1.165, 1.54) is 7.11 Å². The first kappa shape index (κ1) is 23.4.